The highest BCUT2D eigenvalue weighted by Crippen LogP contribution is 2.33. The molecule has 2 aliphatic heterocycles. The van der Waals surface area contributed by atoms with E-state index in [1.807, 2.05) is 0 Å². The molecule has 0 aliphatic carbocycles. The normalized spacial score (nSPS) is 20.8. The Morgan fingerprint density at radius 2 is 2.16 bits per heavy atom. The molecule has 194 valence electrons. The van der Waals surface area contributed by atoms with Crippen LogP contribution < -0.4 is 15.4 Å². The second kappa shape index (κ2) is 9.23. The van der Waals surface area contributed by atoms with Crippen molar-refractivity contribution in [1.29, 1.82) is 0 Å². The van der Waals surface area contributed by atoms with Crippen LogP contribution in [-0.2, 0) is 4.74 Å². The Hall–Kier alpha value is -3.84. The molecule has 0 aromatic carbocycles. The summed E-state index contributed by atoms with van der Waals surface area (Å²) >= 11 is 0. The van der Waals surface area contributed by atoms with Crippen LogP contribution in [0, 0.1) is 5.82 Å². The molecule has 37 heavy (non-hydrogen) atoms. The van der Waals surface area contributed by atoms with Crippen molar-refractivity contribution in [3.05, 3.63) is 42.2 Å². The summed E-state index contributed by atoms with van der Waals surface area (Å²) < 4.78 is 43.6. The number of carbonyl (C=O) groups excluding carboxylic acids is 1. The van der Waals surface area contributed by atoms with Crippen molar-refractivity contribution in [1.82, 2.24) is 34.2 Å². The van der Waals surface area contributed by atoms with Gasteiger partial charge in [-0.3, -0.25) is 14.1 Å². The van der Waals surface area contributed by atoms with Crippen LogP contribution >= 0.6 is 0 Å². The summed E-state index contributed by atoms with van der Waals surface area (Å²) in [6.45, 7) is 2.41. The molecule has 2 atom stereocenters. The fraction of sp³-hybridized carbons (Fsp3) is 0.417. The van der Waals surface area contributed by atoms with Crippen LogP contribution in [0.3, 0.4) is 0 Å². The molecule has 6 heterocycles. The van der Waals surface area contributed by atoms with Gasteiger partial charge >= 0.3 is 0 Å². The number of pyridine rings is 1. The van der Waals surface area contributed by atoms with E-state index in [2.05, 4.69) is 30.6 Å². The Morgan fingerprint density at radius 3 is 2.86 bits per heavy atom. The van der Waals surface area contributed by atoms with E-state index in [1.165, 1.54) is 30.8 Å². The van der Waals surface area contributed by atoms with Gasteiger partial charge in [-0.15, -0.1) is 5.10 Å². The van der Waals surface area contributed by atoms with E-state index < -0.39 is 18.0 Å². The minimum atomic E-state index is -1.08. The lowest BCUT2D eigenvalue weighted by molar-refractivity contribution is -0.0794. The lowest BCUT2D eigenvalue weighted by Crippen LogP contribution is -2.57. The van der Waals surface area contributed by atoms with Crippen LogP contribution in [0.2, 0.25) is 0 Å². The predicted octanol–water partition coefficient (Wildman–Crippen LogP) is 1.77. The smallest absolute Gasteiger partial charge is 0.269 e. The minimum absolute atomic E-state index is 0.0391. The Kier molecular flexibility index (Phi) is 5.88. The van der Waals surface area contributed by atoms with Crippen molar-refractivity contribution < 1.29 is 23.0 Å². The zero-order chi connectivity index (χ0) is 25.7. The molecule has 0 radical (unpaired) electrons. The Bertz CT molecular complexity index is 1480. The summed E-state index contributed by atoms with van der Waals surface area (Å²) in [4.78, 5) is 22.9. The third kappa shape index (κ3) is 4.03. The van der Waals surface area contributed by atoms with Gasteiger partial charge < -0.3 is 20.1 Å². The van der Waals surface area contributed by atoms with Crippen molar-refractivity contribution in [2.45, 2.75) is 24.7 Å². The highest BCUT2D eigenvalue weighted by molar-refractivity contribution is 5.93. The first-order valence-electron chi connectivity index (χ1n) is 12.0. The van der Waals surface area contributed by atoms with Crippen molar-refractivity contribution in [2.24, 2.45) is 0 Å². The number of alkyl halides is 1. The molecular weight excluding hydrogens is 486 g/mol. The number of fused-ring (bicyclic) bond motifs is 2. The Balaban J connectivity index is 1.32. The Labute approximate surface area is 210 Å². The van der Waals surface area contributed by atoms with Gasteiger partial charge in [0, 0.05) is 43.7 Å². The maximum Gasteiger partial charge on any atom is 0.269 e. The fourth-order valence-electron chi connectivity index (χ4n) is 4.94. The number of nitrogens with zero attached hydrogens (tertiary/aromatic N) is 6. The van der Waals surface area contributed by atoms with Gasteiger partial charge in [-0.1, -0.05) is 0 Å². The second-order valence-corrected chi connectivity index (χ2v) is 9.20. The lowest BCUT2D eigenvalue weighted by Gasteiger charge is -2.42. The second-order valence-electron chi connectivity index (χ2n) is 9.20. The molecule has 0 saturated carbocycles. The van der Waals surface area contributed by atoms with Crippen LogP contribution in [0.1, 0.15) is 16.9 Å². The highest BCUT2D eigenvalue weighted by atomic mass is 19.1. The summed E-state index contributed by atoms with van der Waals surface area (Å²) in [5.41, 5.74) is 1.82. The first-order valence-corrected chi connectivity index (χ1v) is 12.0. The molecule has 4 aromatic heterocycles. The van der Waals surface area contributed by atoms with Crippen molar-refractivity contribution >= 4 is 23.0 Å². The van der Waals surface area contributed by atoms with Gasteiger partial charge in [0.05, 0.1) is 38.6 Å². The topological polar surface area (TPSA) is 110 Å². The zero-order valence-corrected chi connectivity index (χ0v) is 20.3. The molecule has 1 amide bonds. The number of halogens is 2. The number of aromatic nitrogens is 5. The summed E-state index contributed by atoms with van der Waals surface area (Å²) in [5, 5.41) is 10.2. The van der Waals surface area contributed by atoms with E-state index in [-0.39, 0.29) is 29.1 Å². The first kappa shape index (κ1) is 23.6. The highest BCUT2D eigenvalue weighted by Gasteiger charge is 2.35. The lowest BCUT2D eigenvalue weighted by atomic mass is 10.0. The first-order chi connectivity index (χ1) is 18.0. The number of amides is 1. The standard InChI is InChI=1S/C24H26F2N8O3/c1-27-22(35)19-8-28-21-16(25)7-13(9-33(19)21)15-3-6-34-20(15)23(36-2)30-24(31-34)29-18-4-5-32(10-17(18)26)14-11-37-12-14/h3,6-9,14,17-18H,4-5,10-12H2,1-2H3,(H,27,35)(H,29,31)/t17-,18+/m1/s1. The number of piperidine rings is 1. The summed E-state index contributed by atoms with van der Waals surface area (Å²) in [6.07, 6.45) is 4.17. The third-order valence-corrected chi connectivity index (χ3v) is 7.03. The Morgan fingerprint density at radius 1 is 1.32 bits per heavy atom. The van der Waals surface area contributed by atoms with Crippen LogP contribution in [0.25, 0.3) is 22.3 Å². The number of carbonyl (C=O) groups is 1. The number of anilines is 1. The summed E-state index contributed by atoms with van der Waals surface area (Å²) in [6, 6.07) is 2.95. The molecule has 0 unspecified atom stereocenters. The van der Waals surface area contributed by atoms with Gasteiger partial charge in [0.25, 0.3) is 5.91 Å². The van der Waals surface area contributed by atoms with Crippen LogP contribution in [0.15, 0.2) is 30.7 Å². The number of ether oxygens (including phenoxy) is 2. The molecule has 11 nitrogen and oxygen atoms in total. The number of methoxy groups -OCH3 is 1. The van der Waals surface area contributed by atoms with Gasteiger partial charge in [0.2, 0.25) is 11.8 Å². The van der Waals surface area contributed by atoms with Crippen molar-refractivity contribution in [3.8, 4) is 17.0 Å². The number of imidazole rings is 1. The molecule has 4 aromatic rings. The summed E-state index contributed by atoms with van der Waals surface area (Å²) in [7, 11) is 2.97. The van der Waals surface area contributed by atoms with Crippen LogP contribution in [0.4, 0.5) is 14.7 Å². The average molecular weight is 513 g/mol. The number of hydrogen-bond donors (Lipinski definition) is 2. The molecule has 6 rings (SSSR count). The average Bonchev–Trinajstić information content (AvgIpc) is 3.48. The molecule has 0 spiro atoms. The van der Waals surface area contributed by atoms with E-state index in [0.29, 0.717) is 48.9 Å². The third-order valence-electron chi connectivity index (χ3n) is 7.03. The molecule has 2 N–H and O–H groups in total. The zero-order valence-electron chi connectivity index (χ0n) is 20.3. The largest absolute Gasteiger partial charge is 0.479 e. The number of hydrogen-bond acceptors (Lipinski definition) is 8. The molecule has 13 heteroatoms. The maximum atomic E-state index is 15.0. The van der Waals surface area contributed by atoms with E-state index in [0.717, 1.165) is 6.54 Å². The van der Waals surface area contributed by atoms with Gasteiger partial charge in [0.15, 0.2) is 11.5 Å². The van der Waals surface area contributed by atoms with Gasteiger partial charge in [-0.2, -0.15) is 4.98 Å². The quantitative estimate of drug-likeness (QED) is 0.402. The van der Waals surface area contributed by atoms with Crippen molar-refractivity contribution in [3.63, 3.8) is 0 Å². The van der Waals surface area contributed by atoms with E-state index in [9.17, 15) is 13.6 Å². The SMILES string of the molecule is CNC(=O)c1cnc2c(F)cc(-c3ccn4nc(N[C@H]5CCN(C6COC6)C[C@H]5F)nc(OC)c34)cn12. The molecule has 2 saturated heterocycles. The van der Waals surface area contributed by atoms with E-state index >= 15 is 0 Å². The van der Waals surface area contributed by atoms with Gasteiger partial charge in [-0.25, -0.2) is 18.3 Å². The van der Waals surface area contributed by atoms with E-state index in [1.54, 1.807) is 23.0 Å². The molecule has 2 fully saturated rings. The monoisotopic (exact) mass is 512 g/mol. The predicted molar refractivity (Wildman–Crippen MR) is 130 cm³/mol. The molecule has 2 aliphatic rings. The van der Waals surface area contributed by atoms with Crippen LogP contribution in [0.5, 0.6) is 5.88 Å². The molecular formula is C24H26F2N8O3. The number of likely N-dealkylation sites (tertiary alicyclic amines) is 1. The van der Waals surface area contributed by atoms with Crippen molar-refractivity contribution in [2.75, 3.05) is 45.8 Å². The maximum absolute atomic E-state index is 15.0. The minimum Gasteiger partial charge on any atom is -0.479 e. The fourth-order valence-corrected chi connectivity index (χ4v) is 4.94. The van der Waals surface area contributed by atoms with Gasteiger partial charge in [0.1, 0.15) is 17.4 Å². The number of nitrogens with one attached hydrogen (secondary N) is 2. The van der Waals surface area contributed by atoms with E-state index in [4.69, 9.17) is 9.47 Å². The number of rotatable bonds is 6. The molecule has 0 bridgehead atoms. The van der Waals surface area contributed by atoms with Crippen LogP contribution in [-0.4, -0.2) is 93.5 Å². The summed E-state index contributed by atoms with van der Waals surface area (Å²) in [5.74, 6) is -0.494. The van der Waals surface area contributed by atoms with Gasteiger partial charge in [-0.05, 0) is 18.6 Å².